The Kier molecular flexibility index (Phi) is 3.64. The van der Waals surface area contributed by atoms with Gasteiger partial charge in [0, 0.05) is 12.6 Å². The van der Waals surface area contributed by atoms with Crippen LogP contribution in [0.2, 0.25) is 0 Å². The van der Waals surface area contributed by atoms with E-state index < -0.39 is 6.10 Å². The van der Waals surface area contributed by atoms with Crippen LogP contribution < -0.4 is 4.74 Å². The number of aryl methyl sites for hydroxylation is 1. The molecule has 1 aromatic heterocycles. The van der Waals surface area contributed by atoms with Crippen LogP contribution in [0.1, 0.15) is 38.5 Å². The molecule has 0 amide bonds. The van der Waals surface area contributed by atoms with Crippen molar-refractivity contribution in [3.8, 4) is 5.75 Å². The molecule has 0 bridgehead atoms. The monoisotopic (exact) mass is 253 g/mol. The fourth-order valence-electron chi connectivity index (χ4n) is 2.70. The first-order chi connectivity index (χ1) is 8.48. The molecule has 0 aliphatic carbocycles. The number of hydrogen-bond acceptors (Lipinski definition) is 4. The van der Waals surface area contributed by atoms with Crippen LogP contribution in [0.3, 0.4) is 0 Å². The number of aliphatic hydroxyl groups is 1. The standard InChI is InChI=1S/C13H23N3O2/c1-13(2,16-7-5-6-8-16)12(17)11-10(18-4)9-14-15(11)3/h9,12,17H,5-8H2,1-4H3. The minimum Gasteiger partial charge on any atom is -0.493 e. The zero-order valence-corrected chi connectivity index (χ0v) is 11.7. The molecule has 1 fully saturated rings. The van der Waals surface area contributed by atoms with E-state index in [0.29, 0.717) is 5.75 Å². The quantitative estimate of drug-likeness (QED) is 0.879. The van der Waals surface area contributed by atoms with E-state index in [2.05, 4.69) is 23.8 Å². The Hall–Kier alpha value is -1.07. The van der Waals surface area contributed by atoms with E-state index in [1.807, 2.05) is 7.05 Å². The van der Waals surface area contributed by atoms with Crippen LogP contribution in [0.15, 0.2) is 6.20 Å². The molecular weight excluding hydrogens is 230 g/mol. The van der Waals surface area contributed by atoms with Crippen molar-refractivity contribution in [2.75, 3.05) is 20.2 Å². The molecule has 1 aliphatic heterocycles. The number of methoxy groups -OCH3 is 1. The van der Waals surface area contributed by atoms with Crippen molar-refractivity contribution in [1.29, 1.82) is 0 Å². The summed E-state index contributed by atoms with van der Waals surface area (Å²) in [5.74, 6) is 0.650. The van der Waals surface area contributed by atoms with Crippen molar-refractivity contribution >= 4 is 0 Å². The van der Waals surface area contributed by atoms with Crippen molar-refractivity contribution < 1.29 is 9.84 Å². The molecule has 0 spiro atoms. The molecule has 1 unspecified atom stereocenters. The first kappa shape index (κ1) is 13.4. The molecule has 1 N–H and O–H groups in total. The van der Waals surface area contributed by atoms with E-state index in [0.717, 1.165) is 18.8 Å². The lowest BCUT2D eigenvalue weighted by Crippen LogP contribution is -2.47. The van der Waals surface area contributed by atoms with Crippen molar-refractivity contribution in [3.63, 3.8) is 0 Å². The average Bonchev–Trinajstić information content (AvgIpc) is 2.96. The smallest absolute Gasteiger partial charge is 0.162 e. The Bertz CT molecular complexity index is 408. The summed E-state index contributed by atoms with van der Waals surface area (Å²) >= 11 is 0. The van der Waals surface area contributed by atoms with Gasteiger partial charge in [-0.3, -0.25) is 9.58 Å². The summed E-state index contributed by atoms with van der Waals surface area (Å²) in [4.78, 5) is 2.34. The topological polar surface area (TPSA) is 50.5 Å². The van der Waals surface area contributed by atoms with Gasteiger partial charge in [0.15, 0.2) is 5.75 Å². The summed E-state index contributed by atoms with van der Waals surface area (Å²) < 4.78 is 6.98. The second kappa shape index (κ2) is 4.90. The highest BCUT2D eigenvalue weighted by atomic mass is 16.5. The third-order valence-corrected chi connectivity index (χ3v) is 4.02. The summed E-state index contributed by atoms with van der Waals surface area (Å²) in [5.41, 5.74) is 0.437. The molecule has 1 aromatic rings. The maximum Gasteiger partial charge on any atom is 0.162 e. The molecule has 1 aliphatic rings. The molecule has 1 saturated heterocycles. The van der Waals surface area contributed by atoms with Gasteiger partial charge >= 0.3 is 0 Å². The van der Waals surface area contributed by atoms with Crippen LogP contribution in [0.4, 0.5) is 0 Å². The second-order valence-corrected chi connectivity index (χ2v) is 5.47. The van der Waals surface area contributed by atoms with Gasteiger partial charge < -0.3 is 9.84 Å². The fraction of sp³-hybridized carbons (Fsp3) is 0.769. The Balaban J connectivity index is 2.28. The number of likely N-dealkylation sites (tertiary alicyclic amines) is 1. The molecule has 1 atom stereocenters. The largest absolute Gasteiger partial charge is 0.493 e. The Morgan fingerprint density at radius 1 is 1.39 bits per heavy atom. The van der Waals surface area contributed by atoms with Crippen molar-refractivity contribution in [3.05, 3.63) is 11.9 Å². The highest BCUT2D eigenvalue weighted by molar-refractivity contribution is 5.29. The number of aliphatic hydroxyl groups excluding tert-OH is 1. The number of ether oxygens (including phenoxy) is 1. The summed E-state index contributed by atoms with van der Waals surface area (Å²) in [5, 5.41) is 14.9. The number of nitrogens with zero attached hydrogens (tertiary/aromatic N) is 3. The number of hydrogen-bond donors (Lipinski definition) is 1. The highest BCUT2D eigenvalue weighted by Crippen LogP contribution is 2.36. The second-order valence-electron chi connectivity index (χ2n) is 5.47. The third kappa shape index (κ3) is 2.12. The molecule has 5 nitrogen and oxygen atoms in total. The SMILES string of the molecule is COc1cnn(C)c1C(O)C(C)(C)N1CCCC1. The van der Waals surface area contributed by atoms with E-state index in [1.165, 1.54) is 12.8 Å². The first-order valence-electron chi connectivity index (χ1n) is 6.47. The van der Waals surface area contributed by atoms with Gasteiger partial charge in [-0.2, -0.15) is 5.10 Å². The first-order valence-corrected chi connectivity index (χ1v) is 6.47. The van der Waals surface area contributed by atoms with Crippen molar-refractivity contribution in [2.24, 2.45) is 7.05 Å². The van der Waals surface area contributed by atoms with Gasteiger partial charge in [0.1, 0.15) is 11.8 Å². The van der Waals surface area contributed by atoms with Gasteiger partial charge in [-0.1, -0.05) is 0 Å². The normalized spacial score (nSPS) is 19.2. The zero-order valence-electron chi connectivity index (χ0n) is 11.7. The minimum absolute atomic E-state index is 0.308. The molecule has 102 valence electrons. The Labute approximate surface area is 108 Å². The molecule has 5 heteroatoms. The van der Waals surface area contributed by atoms with Crippen molar-refractivity contribution in [1.82, 2.24) is 14.7 Å². The predicted octanol–water partition coefficient (Wildman–Crippen LogP) is 1.34. The van der Waals surface area contributed by atoms with E-state index in [-0.39, 0.29) is 5.54 Å². The van der Waals surface area contributed by atoms with Gasteiger partial charge in [0.2, 0.25) is 0 Å². The molecule has 18 heavy (non-hydrogen) atoms. The lowest BCUT2D eigenvalue weighted by atomic mass is 9.92. The molecule has 2 rings (SSSR count). The van der Waals surface area contributed by atoms with Crippen LogP contribution >= 0.6 is 0 Å². The van der Waals surface area contributed by atoms with E-state index >= 15 is 0 Å². The Morgan fingerprint density at radius 2 is 2.00 bits per heavy atom. The van der Waals surface area contributed by atoms with Crippen LogP contribution in [-0.4, -0.2) is 45.5 Å². The maximum atomic E-state index is 10.7. The minimum atomic E-state index is -0.613. The van der Waals surface area contributed by atoms with Gasteiger partial charge in [0.25, 0.3) is 0 Å². The summed E-state index contributed by atoms with van der Waals surface area (Å²) in [6, 6.07) is 0. The third-order valence-electron chi connectivity index (χ3n) is 4.02. The number of aromatic nitrogens is 2. The molecule has 0 radical (unpaired) electrons. The molecule has 0 saturated carbocycles. The lowest BCUT2D eigenvalue weighted by molar-refractivity contribution is -0.00457. The Morgan fingerprint density at radius 3 is 2.56 bits per heavy atom. The van der Waals surface area contributed by atoms with Crippen LogP contribution in [-0.2, 0) is 7.05 Å². The predicted molar refractivity (Wildman–Crippen MR) is 69.6 cm³/mol. The van der Waals surface area contributed by atoms with Crippen molar-refractivity contribution in [2.45, 2.75) is 38.3 Å². The molecule has 2 heterocycles. The highest BCUT2D eigenvalue weighted by Gasteiger charge is 2.39. The van der Waals surface area contributed by atoms with E-state index in [1.54, 1.807) is 18.0 Å². The molecular formula is C13H23N3O2. The van der Waals surface area contributed by atoms with Crippen LogP contribution in [0.5, 0.6) is 5.75 Å². The van der Waals surface area contributed by atoms with E-state index in [9.17, 15) is 5.11 Å². The summed E-state index contributed by atoms with van der Waals surface area (Å²) in [7, 11) is 3.44. The van der Waals surface area contributed by atoms with Gasteiger partial charge in [0.05, 0.1) is 13.3 Å². The van der Waals surface area contributed by atoms with Gasteiger partial charge in [-0.05, 0) is 39.8 Å². The van der Waals surface area contributed by atoms with Crippen LogP contribution in [0, 0.1) is 0 Å². The zero-order chi connectivity index (χ0) is 13.3. The van der Waals surface area contributed by atoms with Gasteiger partial charge in [-0.25, -0.2) is 0 Å². The number of rotatable bonds is 4. The van der Waals surface area contributed by atoms with Crippen LogP contribution in [0.25, 0.3) is 0 Å². The average molecular weight is 253 g/mol. The summed E-state index contributed by atoms with van der Waals surface area (Å²) in [6.45, 7) is 6.25. The fourth-order valence-corrected chi connectivity index (χ4v) is 2.70. The maximum absolute atomic E-state index is 10.7. The van der Waals surface area contributed by atoms with Gasteiger partial charge in [-0.15, -0.1) is 0 Å². The molecule has 0 aromatic carbocycles. The van der Waals surface area contributed by atoms with E-state index in [4.69, 9.17) is 4.74 Å². The summed E-state index contributed by atoms with van der Waals surface area (Å²) in [6.07, 6.45) is 3.45. The lowest BCUT2D eigenvalue weighted by Gasteiger charge is -2.39.